The third-order valence-electron chi connectivity index (χ3n) is 4.57. The second-order valence-corrected chi connectivity index (χ2v) is 5.94. The lowest BCUT2D eigenvalue weighted by molar-refractivity contribution is 0.238. The first-order valence-electron chi connectivity index (χ1n) is 8.03. The summed E-state index contributed by atoms with van der Waals surface area (Å²) in [5.41, 5.74) is 0. The molecule has 1 saturated carbocycles. The average Bonchev–Trinajstić information content (AvgIpc) is 2.39. The fraction of sp³-hybridized carbons (Fsp3) is 1.00. The molecule has 1 aliphatic carbocycles. The Kier molecular flexibility index (Phi) is 7.92. The van der Waals surface area contributed by atoms with Crippen LogP contribution in [-0.2, 0) is 0 Å². The zero-order valence-electron chi connectivity index (χ0n) is 12.3. The summed E-state index contributed by atoms with van der Waals surface area (Å²) < 4.78 is 0. The van der Waals surface area contributed by atoms with Gasteiger partial charge in [-0.05, 0) is 50.5 Å². The number of nitrogens with one attached hydrogen (secondary N) is 1. The van der Waals surface area contributed by atoms with Gasteiger partial charge in [0.05, 0.1) is 0 Å². The highest BCUT2D eigenvalue weighted by molar-refractivity contribution is 4.75. The predicted molar refractivity (Wildman–Crippen MR) is 77.3 cm³/mol. The molecule has 0 aromatic carbocycles. The highest BCUT2D eigenvalue weighted by Crippen LogP contribution is 2.33. The molecule has 17 heavy (non-hydrogen) atoms. The van der Waals surface area contributed by atoms with Gasteiger partial charge >= 0.3 is 0 Å². The van der Waals surface area contributed by atoms with Crippen LogP contribution in [0.2, 0.25) is 0 Å². The van der Waals surface area contributed by atoms with Crippen molar-refractivity contribution in [1.29, 1.82) is 0 Å². The first kappa shape index (κ1) is 15.0. The Morgan fingerprint density at radius 1 is 1.12 bits per heavy atom. The molecule has 0 spiro atoms. The Bertz CT molecular complexity index is 178. The molecule has 3 atom stereocenters. The Morgan fingerprint density at radius 3 is 2.53 bits per heavy atom. The number of rotatable bonds is 8. The highest BCUT2D eigenvalue weighted by Gasteiger charge is 2.21. The monoisotopic (exact) mass is 239 g/mol. The van der Waals surface area contributed by atoms with E-state index in [9.17, 15) is 0 Å². The van der Waals surface area contributed by atoms with Crippen molar-refractivity contribution >= 4 is 0 Å². The van der Waals surface area contributed by atoms with Crippen LogP contribution in [0.4, 0.5) is 0 Å². The summed E-state index contributed by atoms with van der Waals surface area (Å²) in [7, 11) is 0. The summed E-state index contributed by atoms with van der Waals surface area (Å²) in [4.78, 5) is 0. The van der Waals surface area contributed by atoms with E-state index in [1.165, 1.54) is 64.3 Å². The Labute approximate surface area is 109 Å². The molecule has 1 nitrogen and oxygen atoms in total. The van der Waals surface area contributed by atoms with Crippen LogP contribution in [0.25, 0.3) is 0 Å². The smallest absolute Gasteiger partial charge is 0.00645 e. The molecule has 0 aromatic rings. The van der Waals surface area contributed by atoms with Crippen LogP contribution in [0, 0.1) is 11.8 Å². The zero-order valence-corrected chi connectivity index (χ0v) is 12.3. The first-order chi connectivity index (χ1) is 8.30. The summed E-state index contributed by atoms with van der Waals surface area (Å²) in [6.45, 7) is 8.14. The molecule has 102 valence electrons. The van der Waals surface area contributed by atoms with Crippen molar-refractivity contribution in [3.63, 3.8) is 0 Å². The highest BCUT2D eigenvalue weighted by atomic mass is 14.9. The normalized spacial score (nSPS) is 27.0. The van der Waals surface area contributed by atoms with Crippen molar-refractivity contribution in [3.8, 4) is 0 Å². The van der Waals surface area contributed by atoms with Crippen LogP contribution >= 0.6 is 0 Å². The van der Waals surface area contributed by atoms with Crippen LogP contribution in [0.15, 0.2) is 0 Å². The van der Waals surface area contributed by atoms with Crippen molar-refractivity contribution in [2.24, 2.45) is 11.8 Å². The van der Waals surface area contributed by atoms with E-state index in [1.54, 1.807) is 0 Å². The Balaban J connectivity index is 2.18. The maximum Gasteiger partial charge on any atom is 0.00645 e. The van der Waals surface area contributed by atoms with Crippen LogP contribution < -0.4 is 5.32 Å². The third kappa shape index (κ3) is 5.90. The second-order valence-electron chi connectivity index (χ2n) is 5.94. The topological polar surface area (TPSA) is 12.0 Å². The lowest BCUT2D eigenvalue weighted by Crippen LogP contribution is -2.30. The Hall–Kier alpha value is -0.0400. The van der Waals surface area contributed by atoms with E-state index in [1.807, 2.05) is 0 Å². The maximum atomic E-state index is 3.68. The van der Waals surface area contributed by atoms with Gasteiger partial charge in [-0.3, -0.25) is 0 Å². The van der Waals surface area contributed by atoms with Crippen LogP contribution in [-0.4, -0.2) is 12.6 Å². The predicted octanol–water partition coefficient (Wildman–Crippen LogP) is 4.76. The van der Waals surface area contributed by atoms with E-state index in [2.05, 4.69) is 26.1 Å². The van der Waals surface area contributed by atoms with Gasteiger partial charge in [-0.15, -0.1) is 0 Å². The standard InChI is InChI=1S/C16H33N/c1-4-12-17-16(6-3)11-10-15-9-7-8-14(5-2)13-15/h14-17H,4-13H2,1-3H3. The van der Waals surface area contributed by atoms with Gasteiger partial charge in [0.1, 0.15) is 0 Å². The maximum absolute atomic E-state index is 3.68. The second kappa shape index (κ2) is 8.97. The molecular weight excluding hydrogens is 206 g/mol. The summed E-state index contributed by atoms with van der Waals surface area (Å²) in [6, 6.07) is 0.775. The molecule has 1 fully saturated rings. The number of hydrogen-bond donors (Lipinski definition) is 1. The average molecular weight is 239 g/mol. The zero-order chi connectivity index (χ0) is 12.5. The van der Waals surface area contributed by atoms with Crippen molar-refractivity contribution in [1.82, 2.24) is 5.32 Å². The molecule has 0 saturated heterocycles. The summed E-state index contributed by atoms with van der Waals surface area (Å²) in [5.74, 6) is 2.07. The van der Waals surface area contributed by atoms with Gasteiger partial charge in [0.15, 0.2) is 0 Å². The van der Waals surface area contributed by atoms with Gasteiger partial charge in [-0.2, -0.15) is 0 Å². The van der Waals surface area contributed by atoms with Gasteiger partial charge in [-0.1, -0.05) is 46.5 Å². The molecule has 1 heteroatoms. The molecule has 0 radical (unpaired) electrons. The third-order valence-corrected chi connectivity index (χ3v) is 4.57. The van der Waals surface area contributed by atoms with Gasteiger partial charge in [0, 0.05) is 6.04 Å². The van der Waals surface area contributed by atoms with Gasteiger partial charge in [0.2, 0.25) is 0 Å². The van der Waals surface area contributed by atoms with Crippen molar-refractivity contribution in [2.75, 3.05) is 6.54 Å². The Morgan fingerprint density at radius 2 is 1.88 bits per heavy atom. The molecule has 0 heterocycles. The summed E-state index contributed by atoms with van der Waals surface area (Å²) in [5, 5.41) is 3.68. The summed E-state index contributed by atoms with van der Waals surface area (Å²) in [6.07, 6.45) is 12.8. The fourth-order valence-corrected chi connectivity index (χ4v) is 3.27. The van der Waals surface area contributed by atoms with Crippen LogP contribution in [0.1, 0.15) is 78.6 Å². The molecule has 0 aromatic heterocycles. The molecule has 1 rings (SSSR count). The molecule has 0 bridgehead atoms. The van der Waals surface area contributed by atoms with Gasteiger partial charge in [-0.25, -0.2) is 0 Å². The van der Waals surface area contributed by atoms with Crippen LogP contribution in [0.3, 0.4) is 0 Å². The molecule has 1 N–H and O–H groups in total. The number of hydrogen-bond acceptors (Lipinski definition) is 1. The molecule has 0 aliphatic heterocycles. The SMILES string of the molecule is CCCNC(CC)CCC1CCCC(CC)C1. The minimum atomic E-state index is 0.775. The molecule has 3 unspecified atom stereocenters. The van der Waals surface area contributed by atoms with Gasteiger partial charge in [0.25, 0.3) is 0 Å². The summed E-state index contributed by atoms with van der Waals surface area (Å²) >= 11 is 0. The lowest BCUT2D eigenvalue weighted by atomic mass is 9.78. The van der Waals surface area contributed by atoms with E-state index in [-0.39, 0.29) is 0 Å². The quantitative estimate of drug-likeness (QED) is 0.644. The van der Waals surface area contributed by atoms with E-state index in [0.717, 1.165) is 17.9 Å². The minimum Gasteiger partial charge on any atom is -0.314 e. The molecule has 0 amide bonds. The van der Waals surface area contributed by atoms with Crippen molar-refractivity contribution < 1.29 is 0 Å². The van der Waals surface area contributed by atoms with E-state index >= 15 is 0 Å². The molecule has 1 aliphatic rings. The first-order valence-corrected chi connectivity index (χ1v) is 8.03. The van der Waals surface area contributed by atoms with Crippen molar-refractivity contribution in [2.45, 2.75) is 84.6 Å². The van der Waals surface area contributed by atoms with Gasteiger partial charge < -0.3 is 5.32 Å². The van der Waals surface area contributed by atoms with E-state index in [0.29, 0.717) is 0 Å². The minimum absolute atomic E-state index is 0.775. The fourth-order valence-electron chi connectivity index (χ4n) is 3.27. The lowest BCUT2D eigenvalue weighted by Gasteiger charge is -2.29. The van der Waals surface area contributed by atoms with E-state index in [4.69, 9.17) is 0 Å². The molecular formula is C16H33N. The van der Waals surface area contributed by atoms with Crippen molar-refractivity contribution in [3.05, 3.63) is 0 Å². The largest absolute Gasteiger partial charge is 0.314 e. The van der Waals surface area contributed by atoms with E-state index < -0.39 is 0 Å². The van der Waals surface area contributed by atoms with Crippen LogP contribution in [0.5, 0.6) is 0 Å².